The minimum Gasteiger partial charge on any atom is -0.349 e. The standard InChI is InChI=1S/C18H18ClN3O/c19-15-7-3-5-14(11-15)6-4-9-18(23)21-13-17-20-12-16-8-1-2-10-22(16)17/h1-3,5,7-8,10-12H,4,6,9,13H2,(H,21,23). The molecule has 0 spiro atoms. The molecule has 3 aromatic rings. The van der Waals surface area contributed by atoms with Crippen molar-refractivity contribution in [3.8, 4) is 0 Å². The fraction of sp³-hybridized carbons (Fsp3) is 0.222. The number of pyridine rings is 1. The molecule has 0 aliphatic carbocycles. The highest BCUT2D eigenvalue weighted by atomic mass is 35.5. The highest BCUT2D eigenvalue weighted by Gasteiger charge is 2.06. The predicted molar refractivity (Wildman–Crippen MR) is 91.4 cm³/mol. The summed E-state index contributed by atoms with van der Waals surface area (Å²) in [6.45, 7) is 0.439. The van der Waals surface area contributed by atoms with Crippen molar-refractivity contribution in [2.75, 3.05) is 0 Å². The number of halogens is 1. The van der Waals surface area contributed by atoms with Gasteiger partial charge in [-0.1, -0.05) is 29.8 Å². The van der Waals surface area contributed by atoms with Crippen molar-refractivity contribution in [2.45, 2.75) is 25.8 Å². The van der Waals surface area contributed by atoms with E-state index in [1.54, 1.807) is 6.20 Å². The second-order valence-electron chi connectivity index (χ2n) is 5.43. The molecule has 1 amide bonds. The van der Waals surface area contributed by atoms with E-state index in [1.807, 2.05) is 53.1 Å². The zero-order valence-corrected chi connectivity index (χ0v) is 13.5. The third-order valence-electron chi connectivity index (χ3n) is 3.72. The van der Waals surface area contributed by atoms with Gasteiger partial charge in [-0.05, 0) is 42.7 Å². The molecule has 1 aromatic carbocycles. The van der Waals surface area contributed by atoms with Crippen LogP contribution < -0.4 is 5.32 Å². The highest BCUT2D eigenvalue weighted by Crippen LogP contribution is 2.13. The molecule has 0 aliphatic heterocycles. The first-order chi connectivity index (χ1) is 11.2. The molecule has 0 saturated carbocycles. The molecule has 0 bridgehead atoms. The quantitative estimate of drug-likeness (QED) is 0.751. The van der Waals surface area contributed by atoms with Crippen LogP contribution in [0.5, 0.6) is 0 Å². The average Bonchev–Trinajstić information content (AvgIpc) is 2.96. The van der Waals surface area contributed by atoms with Gasteiger partial charge >= 0.3 is 0 Å². The van der Waals surface area contributed by atoms with Gasteiger partial charge in [0, 0.05) is 17.6 Å². The van der Waals surface area contributed by atoms with Gasteiger partial charge in [0.1, 0.15) is 5.82 Å². The maximum absolute atomic E-state index is 12.0. The van der Waals surface area contributed by atoms with Gasteiger partial charge in [0.25, 0.3) is 0 Å². The van der Waals surface area contributed by atoms with E-state index in [4.69, 9.17) is 11.6 Å². The van der Waals surface area contributed by atoms with Crippen molar-refractivity contribution in [1.29, 1.82) is 0 Å². The molecule has 0 radical (unpaired) electrons. The number of nitrogens with one attached hydrogen (secondary N) is 1. The lowest BCUT2D eigenvalue weighted by Crippen LogP contribution is -2.23. The van der Waals surface area contributed by atoms with Crippen LogP contribution in [0.25, 0.3) is 5.52 Å². The monoisotopic (exact) mass is 327 g/mol. The molecule has 3 rings (SSSR count). The molecule has 4 nitrogen and oxygen atoms in total. The predicted octanol–water partition coefficient (Wildman–Crippen LogP) is 3.63. The molecule has 2 aromatic heterocycles. The van der Waals surface area contributed by atoms with Gasteiger partial charge in [0.05, 0.1) is 18.3 Å². The number of benzene rings is 1. The summed E-state index contributed by atoms with van der Waals surface area (Å²) in [5.41, 5.74) is 2.18. The highest BCUT2D eigenvalue weighted by molar-refractivity contribution is 6.30. The van der Waals surface area contributed by atoms with Crippen LogP contribution in [0.1, 0.15) is 24.2 Å². The maximum Gasteiger partial charge on any atom is 0.220 e. The van der Waals surface area contributed by atoms with Crippen LogP contribution in [0.2, 0.25) is 5.02 Å². The lowest BCUT2D eigenvalue weighted by molar-refractivity contribution is -0.121. The Labute approximate surface area is 140 Å². The number of hydrogen-bond acceptors (Lipinski definition) is 2. The normalized spacial score (nSPS) is 10.8. The van der Waals surface area contributed by atoms with Crippen LogP contribution in [0.15, 0.2) is 54.9 Å². The first-order valence-corrected chi connectivity index (χ1v) is 8.02. The van der Waals surface area contributed by atoms with E-state index in [1.165, 1.54) is 0 Å². The van der Waals surface area contributed by atoms with E-state index >= 15 is 0 Å². The SMILES string of the molecule is O=C(CCCc1cccc(Cl)c1)NCc1ncc2ccccn12. The number of amides is 1. The summed E-state index contributed by atoms with van der Waals surface area (Å²) < 4.78 is 1.98. The van der Waals surface area contributed by atoms with Gasteiger partial charge in [-0.2, -0.15) is 0 Å². The number of carbonyl (C=O) groups excluding carboxylic acids is 1. The minimum atomic E-state index is 0.0414. The van der Waals surface area contributed by atoms with Crippen molar-refractivity contribution in [3.63, 3.8) is 0 Å². The van der Waals surface area contributed by atoms with Gasteiger partial charge in [-0.3, -0.25) is 4.79 Å². The molecular weight excluding hydrogens is 310 g/mol. The van der Waals surface area contributed by atoms with E-state index in [0.29, 0.717) is 13.0 Å². The van der Waals surface area contributed by atoms with E-state index in [-0.39, 0.29) is 5.91 Å². The number of aromatic nitrogens is 2. The van der Waals surface area contributed by atoms with Crippen LogP contribution in [0.4, 0.5) is 0 Å². The second-order valence-corrected chi connectivity index (χ2v) is 5.87. The number of fused-ring (bicyclic) bond motifs is 1. The Morgan fingerprint density at radius 3 is 3.00 bits per heavy atom. The Bertz CT molecular complexity index is 813. The molecule has 0 atom stereocenters. The summed E-state index contributed by atoms with van der Waals surface area (Å²) in [4.78, 5) is 16.3. The van der Waals surface area contributed by atoms with Crippen molar-refractivity contribution in [2.24, 2.45) is 0 Å². The summed E-state index contributed by atoms with van der Waals surface area (Å²) in [6.07, 6.45) is 5.90. The molecule has 0 saturated heterocycles. The third-order valence-corrected chi connectivity index (χ3v) is 3.95. The summed E-state index contributed by atoms with van der Waals surface area (Å²) in [7, 11) is 0. The Morgan fingerprint density at radius 1 is 1.22 bits per heavy atom. The maximum atomic E-state index is 12.0. The molecular formula is C18H18ClN3O. The number of nitrogens with zero attached hydrogens (tertiary/aromatic N) is 2. The molecule has 0 aliphatic rings. The Balaban J connectivity index is 1.46. The fourth-order valence-corrected chi connectivity index (χ4v) is 2.75. The molecule has 1 N–H and O–H groups in total. The first-order valence-electron chi connectivity index (χ1n) is 7.64. The van der Waals surface area contributed by atoms with Crippen LogP contribution in [0, 0.1) is 0 Å². The lowest BCUT2D eigenvalue weighted by Gasteiger charge is -2.05. The summed E-state index contributed by atoms with van der Waals surface area (Å²) in [5.74, 6) is 0.878. The van der Waals surface area contributed by atoms with Crippen LogP contribution in [-0.4, -0.2) is 15.3 Å². The minimum absolute atomic E-state index is 0.0414. The fourth-order valence-electron chi connectivity index (χ4n) is 2.54. The number of rotatable bonds is 6. The van der Waals surface area contributed by atoms with Crippen molar-refractivity contribution >= 4 is 23.0 Å². The van der Waals surface area contributed by atoms with Crippen LogP contribution >= 0.6 is 11.6 Å². The molecule has 2 heterocycles. The topological polar surface area (TPSA) is 46.4 Å². The molecule has 23 heavy (non-hydrogen) atoms. The largest absolute Gasteiger partial charge is 0.349 e. The third kappa shape index (κ3) is 4.11. The summed E-state index contributed by atoms with van der Waals surface area (Å²) >= 11 is 5.95. The van der Waals surface area contributed by atoms with E-state index in [0.717, 1.165) is 34.8 Å². The molecule has 5 heteroatoms. The molecule has 0 unspecified atom stereocenters. The Hall–Kier alpha value is -2.33. The van der Waals surface area contributed by atoms with Crippen LogP contribution in [0.3, 0.4) is 0 Å². The number of imidazole rings is 1. The van der Waals surface area contributed by atoms with Crippen LogP contribution in [-0.2, 0) is 17.8 Å². The van der Waals surface area contributed by atoms with E-state index in [2.05, 4.69) is 10.3 Å². The summed E-state index contributed by atoms with van der Waals surface area (Å²) in [6, 6.07) is 13.7. The van der Waals surface area contributed by atoms with Crippen molar-refractivity contribution in [3.05, 3.63) is 71.3 Å². The molecule has 0 fully saturated rings. The van der Waals surface area contributed by atoms with Gasteiger partial charge in [0.15, 0.2) is 0 Å². The van der Waals surface area contributed by atoms with Gasteiger partial charge in [-0.15, -0.1) is 0 Å². The van der Waals surface area contributed by atoms with Crippen molar-refractivity contribution < 1.29 is 4.79 Å². The number of aryl methyl sites for hydroxylation is 1. The number of carbonyl (C=O) groups is 1. The Morgan fingerprint density at radius 2 is 2.13 bits per heavy atom. The summed E-state index contributed by atoms with van der Waals surface area (Å²) in [5, 5.41) is 3.66. The average molecular weight is 328 g/mol. The van der Waals surface area contributed by atoms with Crippen molar-refractivity contribution in [1.82, 2.24) is 14.7 Å². The van der Waals surface area contributed by atoms with E-state index in [9.17, 15) is 4.79 Å². The van der Waals surface area contributed by atoms with Gasteiger partial charge in [0.2, 0.25) is 5.91 Å². The lowest BCUT2D eigenvalue weighted by atomic mass is 10.1. The zero-order valence-electron chi connectivity index (χ0n) is 12.7. The van der Waals surface area contributed by atoms with Gasteiger partial charge in [-0.25, -0.2) is 4.98 Å². The van der Waals surface area contributed by atoms with E-state index < -0.39 is 0 Å². The smallest absolute Gasteiger partial charge is 0.220 e. The first kappa shape index (κ1) is 15.6. The second kappa shape index (κ2) is 7.29. The molecule has 118 valence electrons. The Kier molecular flexibility index (Phi) is 4.93. The number of hydrogen-bond donors (Lipinski definition) is 1. The zero-order chi connectivity index (χ0) is 16.1. The van der Waals surface area contributed by atoms with Gasteiger partial charge < -0.3 is 9.72 Å².